The number of carbonyl (C=O) groups excluding carboxylic acids is 1. The van der Waals surface area contributed by atoms with Gasteiger partial charge < -0.3 is 10.6 Å². The maximum atomic E-state index is 12.9. The van der Waals surface area contributed by atoms with Gasteiger partial charge in [-0.25, -0.2) is 4.98 Å². The van der Waals surface area contributed by atoms with E-state index in [9.17, 15) is 4.79 Å². The average molecular weight is 410 g/mol. The molecule has 0 spiro atoms. The number of nitrogens with two attached hydrogens (primary N) is 1. The number of nitrogens with zero attached hydrogens (tertiary/aromatic N) is 4. The van der Waals surface area contributed by atoms with E-state index in [2.05, 4.69) is 22.2 Å². The average Bonchev–Trinajstić information content (AvgIpc) is 2.92. The minimum atomic E-state index is -0.0426. The fourth-order valence-electron chi connectivity index (χ4n) is 2.99. The van der Waals surface area contributed by atoms with E-state index in [0.29, 0.717) is 25.2 Å². The molecule has 0 aliphatic carbocycles. The number of fused-ring (bicyclic) bond motifs is 1. The Morgan fingerprint density at radius 3 is 2.56 bits per heavy atom. The van der Waals surface area contributed by atoms with E-state index in [4.69, 9.17) is 5.73 Å². The molecule has 3 aromatic rings. The van der Waals surface area contributed by atoms with Gasteiger partial charge in [0.25, 0.3) is 5.91 Å². The summed E-state index contributed by atoms with van der Waals surface area (Å²) < 4.78 is 1.73. The molecule has 1 amide bonds. The van der Waals surface area contributed by atoms with Crippen molar-refractivity contribution in [2.45, 2.75) is 13.3 Å². The Morgan fingerprint density at radius 1 is 1.19 bits per heavy atom. The minimum absolute atomic E-state index is 0. The number of benzene rings is 1. The van der Waals surface area contributed by atoms with Crippen molar-refractivity contribution in [1.82, 2.24) is 19.7 Å². The van der Waals surface area contributed by atoms with Crippen LogP contribution >= 0.6 is 24.8 Å². The van der Waals surface area contributed by atoms with Crippen molar-refractivity contribution in [3.8, 4) is 0 Å². The van der Waals surface area contributed by atoms with Crippen LogP contribution in [0, 0.1) is 6.92 Å². The fourth-order valence-corrected chi connectivity index (χ4v) is 2.99. The van der Waals surface area contributed by atoms with Crippen LogP contribution in [0.4, 0.5) is 0 Å². The van der Waals surface area contributed by atoms with Gasteiger partial charge in [0.15, 0.2) is 5.65 Å². The Morgan fingerprint density at radius 2 is 1.89 bits per heavy atom. The maximum Gasteiger partial charge on any atom is 0.255 e. The van der Waals surface area contributed by atoms with E-state index < -0.39 is 0 Å². The van der Waals surface area contributed by atoms with Gasteiger partial charge in [-0.1, -0.05) is 30.3 Å². The van der Waals surface area contributed by atoms with Gasteiger partial charge in [0, 0.05) is 38.3 Å². The number of amides is 1. The van der Waals surface area contributed by atoms with Crippen molar-refractivity contribution in [2.24, 2.45) is 12.8 Å². The lowest BCUT2D eigenvalue weighted by molar-refractivity contribution is 0.0762. The third-order valence-electron chi connectivity index (χ3n) is 4.31. The molecule has 0 atom stereocenters. The molecule has 6 nitrogen and oxygen atoms in total. The molecule has 0 aliphatic heterocycles. The first kappa shape index (κ1) is 22.9. The van der Waals surface area contributed by atoms with Crippen molar-refractivity contribution < 1.29 is 4.79 Å². The third-order valence-corrected chi connectivity index (χ3v) is 4.31. The van der Waals surface area contributed by atoms with Crippen LogP contribution < -0.4 is 5.73 Å². The lowest BCUT2D eigenvalue weighted by Crippen LogP contribution is -2.37. The highest BCUT2D eigenvalue weighted by Gasteiger charge is 2.17. The second-order valence-corrected chi connectivity index (χ2v) is 6.12. The summed E-state index contributed by atoms with van der Waals surface area (Å²) in [5, 5.41) is 5.26. The van der Waals surface area contributed by atoms with Crippen molar-refractivity contribution in [3.05, 3.63) is 59.4 Å². The zero-order chi connectivity index (χ0) is 17.8. The molecule has 0 bridgehead atoms. The van der Waals surface area contributed by atoms with Crippen molar-refractivity contribution in [2.75, 3.05) is 19.6 Å². The summed E-state index contributed by atoms with van der Waals surface area (Å²) in [5.41, 5.74) is 9.14. The highest BCUT2D eigenvalue weighted by Crippen LogP contribution is 2.17. The molecule has 0 unspecified atom stereocenters. The summed E-state index contributed by atoms with van der Waals surface area (Å²) in [4.78, 5) is 19.1. The SMILES string of the molecule is Cc1nn(C)c2ncc(C(=O)N(CCN)CCc3ccccc3)cc12.Cl.Cl. The number of hydrogen-bond acceptors (Lipinski definition) is 4. The van der Waals surface area contributed by atoms with Gasteiger partial charge in [0.1, 0.15) is 0 Å². The maximum absolute atomic E-state index is 12.9. The van der Waals surface area contributed by atoms with Gasteiger partial charge in [0.2, 0.25) is 0 Å². The van der Waals surface area contributed by atoms with Gasteiger partial charge >= 0.3 is 0 Å². The van der Waals surface area contributed by atoms with Crippen molar-refractivity contribution in [3.63, 3.8) is 0 Å². The smallest absolute Gasteiger partial charge is 0.255 e. The molecule has 1 aromatic carbocycles. The fraction of sp³-hybridized carbons (Fsp3) is 0.316. The van der Waals surface area contributed by atoms with Crippen molar-refractivity contribution >= 4 is 41.8 Å². The van der Waals surface area contributed by atoms with Crippen LogP contribution in [0.25, 0.3) is 11.0 Å². The molecule has 27 heavy (non-hydrogen) atoms. The molecule has 0 saturated carbocycles. The van der Waals surface area contributed by atoms with Gasteiger partial charge in [-0.15, -0.1) is 24.8 Å². The van der Waals surface area contributed by atoms with E-state index in [1.54, 1.807) is 15.8 Å². The molecule has 146 valence electrons. The summed E-state index contributed by atoms with van der Waals surface area (Å²) in [7, 11) is 1.85. The van der Waals surface area contributed by atoms with E-state index in [1.165, 1.54) is 5.56 Å². The monoisotopic (exact) mass is 409 g/mol. The lowest BCUT2D eigenvalue weighted by atomic mass is 10.1. The molecule has 0 saturated heterocycles. The highest BCUT2D eigenvalue weighted by atomic mass is 35.5. The van der Waals surface area contributed by atoms with E-state index in [-0.39, 0.29) is 30.7 Å². The zero-order valence-electron chi connectivity index (χ0n) is 15.5. The Hall–Kier alpha value is -2.15. The van der Waals surface area contributed by atoms with Crippen LogP contribution in [0.5, 0.6) is 0 Å². The topological polar surface area (TPSA) is 77.0 Å². The standard InChI is InChI=1S/C19H23N5O.2ClH/c1-14-17-12-16(13-21-18(17)23(2)22-14)19(25)24(11-9-20)10-8-15-6-4-3-5-7-15;;/h3-7,12-13H,8-11,20H2,1-2H3;2*1H. The summed E-state index contributed by atoms with van der Waals surface area (Å²) in [5.74, 6) is -0.0426. The molecule has 0 fully saturated rings. The highest BCUT2D eigenvalue weighted by molar-refractivity contribution is 5.97. The number of carbonyl (C=O) groups is 1. The molecule has 2 heterocycles. The number of rotatable bonds is 6. The molecule has 3 rings (SSSR count). The van der Waals surface area contributed by atoms with E-state index >= 15 is 0 Å². The van der Waals surface area contributed by atoms with Crippen LogP contribution in [0.1, 0.15) is 21.6 Å². The molecule has 2 aromatic heterocycles. The molecular formula is C19H25Cl2N5O. The van der Waals surface area contributed by atoms with Crippen LogP contribution in [0.3, 0.4) is 0 Å². The second-order valence-electron chi connectivity index (χ2n) is 6.12. The van der Waals surface area contributed by atoms with Gasteiger partial charge in [-0.3, -0.25) is 9.48 Å². The number of aryl methyl sites for hydroxylation is 2. The largest absolute Gasteiger partial charge is 0.337 e. The quantitative estimate of drug-likeness (QED) is 0.678. The third kappa shape index (κ3) is 5.19. The Bertz CT molecular complexity index is 882. The van der Waals surface area contributed by atoms with Gasteiger partial charge in [-0.05, 0) is 25.0 Å². The Balaban J connectivity index is 0.00000182. The van der Waals surface area contributed by atoms with E-state index in [1.807, 2.05) is 38.2 Å². The summed E-state index contributed by atoms with van der Waals surface area (Å²) in [6.07, 6.45) is 2.42. The molecule has 8 heteroatoms. The summed E-state index contributed by atoms with van der Waals surface area (Å²) in [6.45, 7) is 3.51. The number of pyridine rings is 1. The first-order chi connectivity index (χ1) is 12.1. The lowest BCUT2D eigenvalue weighted by Gasteiger charge is -2.22. The summed E-state index contributed by atoms with van der Waals surface area (Å²) >= 11 is 0. The van der Waals surface area contributed by atoms with Crippen molar-refractivity contribution in [1.29, 1.82) is 0 Å². The predicted octanol–water partition coefficient (Wildman–Crippen LogP) is 2.76. The van der Waals surface area contributed by atoms with Crippen LogP contribution in [-0.4, -0.2) is 45.2 Å². The number of hydrogen-bond donors (Lipinski definition) is 1. The first-order valence-corrected chi connectivity index (χ1v) is 8.42. The predicted molar refractivity (Wildman–Crippen MR) is 113 cm³/mol. The van der Waals surface area contributed by atoms with Crippen LogP contribution in [0.2, 0.25) is 0 Å². The zero-order valence-corrected chi connectivity index (χ0v) is 17.1. The first-order valence-electron chi connectivity index (χ1n) is 8.42. The number of halogens is 2. The Kier molecular flexibility index (Phi) is 8.69. The van der Waals surface area contributed by atoms with Gasteiger partial charge in [-0.2, -0.15) is 5.10 Å². The normalized spacial score (nSPS) is 10.2. The minimum Gasteiger partial charge on any atom is -0.337 e. The van der Waals surface area contributed by atoms with Crippen LogP contribution in [0.15, 0.2) is 42.6 Å². The molecular weight excluding hydrogens is 385 g/mol. The molecule has 0 aliphatic rings. The van der Waals surface area contributed by atoms with Gasteiger partial charge in [0.05, 0.1) is 11.3 Å². The second kappa shape index (κ2) is 10.3. The van der Waals surface area contributed by atoms with E-state index in [0.717, 1.165) is 23.1 Å². The molecule has 2 N–H and O–H groups in total. The summed E-state index contributed by atoms with van der Waals surface area (Å²) in [6, 6.07) is 12.0. The number of aromatic nitrogens is 3. The molecule has 0 radical (unpaired) electrons. The Labute approximate surface area is 171 Å². The van der Waals surface area contributed by atoms with Crippen LogP contribution in [-0.2, 0) is 13.5 Å².